The lowest BCUT2D eigenvalue weighted by atomic mass is 9.99. The molecule has 0 N–H and O–H groups in total. The predicted molar refractivity (Wildman–Crippen MR) is 135 cm³/mol. The summed E-state index contributed by atoms with van der Waals surface area (Å²) in [5.41, 5.74) is 3.55. The van der Waals surface area contributed by atoms with Crippen molar-refractivity contribution < 1.29 is 13.2 Å². The van der Waals surface area contributed by atoms with Crippen LogP contribution in [0, 0.1) is 11.3 Å². The molecular weight excluding hydrogens is 460 g/mol. The van der Waals surface area contributed by atoms with Crippen LogP contribution in [0.2, 0.25) is 0 Å². The average molecular weight is 489 g/mol. The molecule has 1 aliphatic rings. The number of piperazine rings is 1. The third-order valence-corrected chi connectivity index (χ3v) is 8.12. The van der Waals surface area contributed by atoms with E-state index < -0.39 is 10.0 Å². The first-order chi connectivity index (χ1) is 16.9. The Morgan fingerprint density at radius 2 is 1.54 bits per heavy atom. The maximum Gasteiger partial charge on any atom is 0.244 e. The number of nitrogens with zero attached hydrogens (tertiary/aromatic N) is 4. The Morgan fingerprint density at radius 1 is 0.914 bits per heavy atom. The zero-order chi connectivity index (χ0) is 24.8. The summed E-state index contributed by atoms with van der Waals surface area (Å²) in [5.74, 6) is -0.0286. The Morgan fingerprint density at radius 3 is 2.26 bits per heavy atom. The van der Waals surface area contributed by atoms with Crippen molar-refractivity contribution in [3.8, 4) is 17.2 Å². The Hall–Kier alpha value is -3.51. The second kappa shape index (κ2) is 10.8. The standard InChI is InChI=1S/C27H28N4O3S/c1-29(20-24-12-5-7-13-25(24)22-9-3-2-4-10-22)21-27(32)30-15-17-31(18-16-30)35(33,34)26-14-8-6-11-23(26)19-28/h2-14H,15-18,20-21H2,1H3. The van der Waals surface area contributed by atoms with E-state index in [4.69, 9.17) is 0 Å². The lowest BCUT2D eigenvalue weighted by Crippen LogP contribution is -2.52. The van der Waals surface area contributed by atoms with Crippen molar-refractivity contribution in [2.45, 2.75) is 11.4 Å². The Labute approximate surface area is 206 Å². The fourth-order valence-electron chi connectivity index (χ4n) is 4.34. The molecule has 0 bridgehead atoms. The number of rotatable bonds is 7. The van der Waals surface area contributed by atoms with Crippen LogP contribution in [0.4, 0.5) is 0 Å². The van der Waals surface area contributed by atoms with Gasteiger partial charge in [0.15, 0.2) is 0 Å². The van der Waals surface area contributed by atoms with Gasteiger partial charge in [-0.25, -0.2) is 8.42 Å². The molecule has 0 aliphatic carbocycles. The average Bonchev–Trinajstić information content (AvgIpc) is 2.89. The van der Waals surface area contributed by atoms with Gasteiger partial charge in [-0.3, -0.25) is 9.69 Å². The van der Waals surface area contributed by atoms with Gasteiger partial charge in [-0.15, -0.1) is 0 Å². The first-order valence-electron chi connectivity index (χ1n) is 11.5. The zero-order valence-electron chi connectivity index (χ0n) is 19.7. The van der Waals surface area contributed by atoms with E-state index in [0.29, 0.717) is 19.6 Å². The van der Waals surface area contributed by atoms with E-state index in [1.54, 1.807) is 17.0 Å². The van der Waals surface area contributed by atoms with Crippen molar-refractivity contribution in [2.24, 2.45) is 0 Å². The normalized spacial score (nSPS) is 14.6. The van der Waals surface area contributed by atoms with Crippen molar-refractivity contribution in [1.29, 1.82) is 5.26 Å². The molecule has 3 aromatic rings. The highest BCUT2D eigenvalue weighted by Gasteiger charge is 2.31. The number of amides is 1. The molecular formula is C27H28N4O3S. The van der Waals surface area contributed by atoms with E-state index in [9.17, 15) is 18.5 Å². The highest BCUT2D eigenvalue weighted by Crippen LogP contribution is 2.25. The first kappa shape index (κ1) is 24.6. The molecule has 0 atom stereocenters. The smallest absolute Gasteiger partial charge is 0.244 e. The summed E-state index contributed by atoms with van der Waals surface area (Å²) in [6.07, 6.45) is 0. The highest BCUT2D eigenvalue weighted by atomic mass is 32.2. The van der Waals surface area contributed by atoms with Crippen LogP contribution < -0.4 is 0 Å². The predicted octanol–water partition coefficient (Wildman–Crippen LogP) is 3.19. The molecule has 4 rings (SSSR count). The van der Waals surface area contributed by atoms with Crippen LogP contribution in [0.5, 0.6) is 0 Å². The molecule has 0 unspecified atom stereocenters. The third kappa shape index (κ3) is 5.60. The lowest BCUT2D eigenvalue weighted by molar-refractivity contribution is -0.133. The molecule has 8 heteroatoms. The molecule has 3 aromatic carbocycles. The van der Waals surface area contributed by atoms with Crippen LogP contribution >= 0.6 is 0 Å². The minimum atomic E-state index is -3.79. The quantitative estimate of drug-likeness (QED) is 0.510. The fraction of sp³-hybridized carbons (Fsp3) is 0.259. The number of likely N-dealkylation sites (N-methyl/N-ethyl adjacent to an activating group) is 1. The summed E-state index contributed by atoms with van der Waals surface area (Å²) < 4.78 is 27.4. The van der Waals surface area contributed by atoms with Crippen molar-refractivity contribution in [3.05, 3.63) is 90.0 Å². The van der Waals surface area contributed by atoms with Gasteiger partial charge >= 0.3 is 0 Å². The minimum Gasteiger partial charge on any atom is -0.339 e. The molecule has 1 fully saturated rings. The molecule has 1 aliphatic heterocycles. The van der Waals surface area contributed by atoms with Crippen molar-refractivity contribution in [3.63, 3.8) is 0 Å². The van der Waals surface area contributed by atoms with E-state index >= 15 is 0 Å². The van der Waals surface area contributed by atoms with Gasteiger partial charge in [0, 0.05) is 32.7 Å². The number of carbonyl (C=O) groups excluding carboxylic acids is 1. The van der Waals surface area contributed by atoms with Crippen LogP contribution in [0.25, 0.3) is 11.1 Å². The van der Waals surface area contributed by atoms with Gasteiger partial charge in [-0.2, -0.15) is 9.57 Å². The summed E-state index contributed by atoms with van der Waals surface area (Å²) in [6.45, 7) is 1.91. The highest BCUT2D eigenvalue weighted by molar-refractivity contribution is 7.89. The van der Waals surface area contributed by atoms with E-state index in [0.717, 1.165) is 16.7 Å². The number of sulfonamides is 1. The number of carbonyl (C=O) groups is 1. The second-order valence-corrected chi connectivity index (χ2v) is 10.5. The van der Waals surface area contributed by atoms with E-state index in [2.05, 4.69) is 24.3 Å². The lowest BCUT2D eigenvalue weighted by Gasteiger charge is -2.35. The molecule has 1 amide bonds. The monoisotopic (exact) mass is 488 g/mol. The second-order valence-electron chi connectivity index (χ2n) is 8.59. The Bertz CT molecular complexity index is 1330. The maximum absolute atomic E-state index is 13.0. The topological polar surface area (TPSA) is 84.7 Å². The fourth-order valence-corrected chi connectivity index (χ4v) is 5.90. The van der Waals surface area contributed by atoms with Crippen LogP contribution in [0.3, 0.4) is 0 Å². The van der Waals surface area contributed by atoms with Crippen LogP contribution in [0.1, 0.15) is 11.1 Å². The van der Waals surface area contributed by atoms with Gasteiger partial charge in [-0.05, 0) is 35.9 Å². The third-order valence-electron chi connectivity index (χ3n) is 6.16. The van der Waals surface area contributed by atoms with Gasteiger partial charge in [0.1, 0.15) is 6.07 Å². The molecule has 1 heterocycles. The van der Waals surface area contributed by atoms with Crippen LogP contribution in [0.15, 0.2) is 83.8 Å². The summed E-state index contributed by atoms with van der Waals surface area (Å²) in [7, 11) is -1.87. The maximum atomic E-state index is 13.0. The van der Waals surface area contributed by atoms with Crippen molar-refractivity contribution in [1.82, 2.24) is 14.1 Å². The number of nitriles is 1. The molecule has 0 spiro atoms. The summed E-state index contributed by atoms with van der Waals surface area (Å²) in [5, 5.41) is 9.28. The molecule has 180 valence electrons. The van der Waals surface area contributed by atoms with E-state index in [1.165, 1.54) is 16.4 Å². The van der Waals surface area contributed by atoms with Gasteiger partial charge in [0.25, 0.3) is 0 Å². The van der Waals surface area contributed by atoms with Crippen molar-refractivity contribution in [2.75, 3.05) is 39.8 Å². The largest absolute Gasteiger partial charge is 0.339 e. The minimum absolute atomic E-state index is 0.0130. The number of benzene rings is 3. The number of hydrogen-bond donors (Lipinski definition) is 0. The first-order valence-corrected chi connectivity index (χ1v) is 12.9. The summed E-state index contributed by atoms with van der Waals surface area (Å²) >= 11 is 0. The van der Waals surface area contributed by atoms with E-state index in [1.807, 2.05) is 48.3 Å². The van der Waals surface area contributed by atoms with Gasteiger partial charge in [-0.1, -0.05) is 66.7 Å². The van der Waals surface area contributed by atoms with Crippen LogP contribution in [-0.2, 0) is 21.4 Å². The van der Waals surface area contributed by atoms with Crippen LogP contribution in [-0.4, -0.2) is 68.2 Å². The zero-order valence-corrected chi connectivity index (χ0v) is 20.5. The molecule has 0 radical (unpaired) electrons. The molecule has 0 aromatic heterocycles. The summed E-state index contributed by atoms with van der Waals surface area (Å²) in [4.78, 5) is 16.7. The number of hydrogen-bond acceptors (Lipinski definition) is 5. The van der Waals surface area contributed by atoms with Gasteiger partial charge < -0.3 is 4.90 Å². The van der Waals surface area contributed by atoms with E-state index in [-0.39, 0.29) is 36.0 Å². The molecule has 1 saturated heterocycles. The SMILES string of the molecule is CN(CC(=O)N1CCN(S(=O)(=O)c2ccccc2C#N)CC1)Cc1ccccc1-c1ccccc1. The Balaban J connectivity index is 1.36. The molecule has 7 nitrogen and oxygen atoms in total. The van der Waals surface area contributed by atoms with Gasteiger partial charge in [0.2, 0.25) is 15.9 Å². The molecule has 35 heavy (non-hydrogen) atoms. The Kier molecular flexibility index (Phi) is 7.61. The molecule has 0 saturated carbocycles. The van der Waals surface area contributed by atoms with Gasteiger partial charge in [0.05, 0.1) is 17.0 Å². The summed E-state index contributed by atoms with van der Waals surface area (Å²) in [6, 6.07) is 26.5. The van der Waals surface area contributed by atoms with Crippen molar-refractivity contribution >= 4 is 15.9 Å².